The highest BCUT2D eigenvalue weighted by atomic mass is 16.3. The van der Waals surface area contributed by atoms with Crippen molar-refractivity contribution in [1.82, 2.24) is 4.90 Å². The fourth-order valence-corrected chi connectivity index (χ4v) is 2.28. The summed E-state index contributed by atoms with van der Waals surface area (Å²) in [5, 5.41) is 0. The van der Waals surface area contributed by atoms with Crippen molar-refractivity contribution < 1.29 is 4.42 Å². The number of furan rings is 1. The largest absolute Gasteiger partial charge is 0.468 e. The summed E-state index contributed by atoms with van der Waals surface area (Å²) in [7, 11) is 2.12. The summed E-state index contributed by atoms with van der Waals surface area (Å²) in [6.45, 7) is 0.866. The SMILES string of the molecule is CN(Cc1ccco1)C1CCCC1N. The first kappa shape index (κ1) is 9.74. The van der Waals surface area contributed by atoms with Crippen LogP contribution in [-0.4, -0.2) is 24.0 Å². The van der Waals surface area contributed by atoms with E-state index >= 15 is 0 Å². The van der Waals surface area contributed by atoms with Crippen LogP contribution in [0.15, 0.2) is 22.8 Å². The van der Waals surface area contributed by atoms with E-state index in [0.29, 0.717) is 12.1 Å². The van der Waals surface area contributed by atoms with E-state index in [2.05, 4.69) is 11.9 Å². The van der Waals surface area contributed by atoms with E-state index in [1.165, 1.54) is 12.8 Å². The maximum Gasteiger partial charge on any atom is 0.117 e. The molecular weight excluding hydrogens is 176 g/mol. The third-order valence-electron chi connectivity index (χ3n) is 3.08. The van der Waals surface area contributed by atoms with Gasteiger partial charge < -0.3 is 10.2 Å². The van der Waals surface area contributed by atoms with Crippen LogP contribution in [0.2, 0.25) is 0 Å². The molecule has 2 unspecified atom stereocenters. The van der Waals surface area contributed by atoms with Gasteiger partial charge in [-0.2, -0.15) is 0 Å². The molecule has 2 rings (SSSR count). The lowest BCUT2D eigenvalue weighted by Gasteiger charge is -2.26. The standard InChI is InChI=1S/C11H18N2O/c1-13(8-9-4-3-7-14-9)11-6-2-5-10(11)12/h3-4,7,10-11H,2,5-6,8,12H2,1H3. The fraction of sp³-hybridized carbons (Fsp3) is 0.636. The molecule has 1 aliphatic rings. The molecule has 1 fully saturated rings. The number of nitrogens with zero attached hydrogens (tertiary/aromatic N) is 1. The van der Waals surface area contributed by atoms with Crippen molar-refractivity contribution in [3.05, 3.63) is 24.2 Å². The molecule has 1 heterocycles. The summed E-state index contributed by atoms with van der Waals surface area (Å²) in [6, 6.07) is 4.81. The minimum Gasteiger partial charge on any atom is -0.468 e. The van der Waals surface area contributed by atoms with E-state index in [1.807, 2.05) is 12.1 Å². The zero-order chi connectivity index (χ0) is 9.97. The molecule has 0 amide bonds. The molecule has 78 valence electrons. The van der Waals surface area contributed by atoms with Gasteiger partial charge in [0.05, 0.1) is 12.8 Å². The first-order valence-electron chi connectivity index (χ1n) is 5.25. The Labute approximate surface area is 84.9 Å². The average Bonchev–Trinajstić information content (AvgIpc) is 2.75. The maximum atomic E-state index is 6.04. The third-order valence-corrected chi connectivity index (χ3v) is 3.08. The van der Waals surface area contributed by atoms with Crippen LogP contribution in [0.1, 0.15) is 25.0 Å². The van der Waals surface area contributed by atoms with Crippen LogP contribution in [0.25, 0.3) is 0 Å². The Morgan fingerprint density at radius 2 is 2.43 bits per heavy atom. The van der Waals surface area contributed by atoms with E-state index < -0.39 is 0 Å². The Morgan fingerprint density at radius 1 is 1.57 bits per heavy atom. The predicted octanol–water partition coefficient (Wildman–Crippen LogP) is 1.59. The van der Waals surface area contributed by atoms with Crippen molar-refractivity contribution in [2.24, 2.45) is 5.73 Å². The average molecular weight is 194 g/mol. The lowest BCUT2D eigenvalue weighted by molar-refractivity contribution is 0.205. The second-order valence-electron chi connectivity index (χ2n) is 4.16. The van der Waals surface area contributed by atoms with Crippen LogP contribution in [-0.2, 0) is 6.54 Å². The van der Waals surface area contributed by atoms with E-state index in [-0.39, 0.29) is 0 Å². The minimum atomic E-state index is 0.343. The Hall–Kier alpha value is -0.800. The third kappa shape index (κ3) is 1.99. The zero-order valence-corrected chi connectivity index (χ0v) is 8.65. The molecule has 0 aromatic carbocycles. The van der Waals surface area contributed by atoms with E-state index in [9.17, 15) is 0 Å². The van der Waals surface area contributed by atoms with E-state index in [0.717, 1.165) is 18.7 Å². The molecule has 0 spiro atoms. The minimum absolute atomic E-state index is 0.343. The van der Waals surface area contributed by atoms with Crippen molar-refractivity contribution in [2.45, 2.75) is 37.9 Å². The quantitative estimate of drug-likeness (QED) is 0.794. The highest BCUT2D eigenvalue weighted by molar-refractivity contribution is 4.99. The second kappa shape index (κ2) is 4.15. The number of likely N-dealkylation sites (N-methyl/N-ethyl adjacent to an activating group) is 1. The molecule has 3 nitrogen and oxygen atoms in total. The van der Waals surface area contributed by atoms with Gasteiger partial charge in [0.15, 0.2) is 0 Å². The summed E-state index contributed by atoms with van der Waals surface area (Å²) in [4.78, 5) is 2.30. The van der Waals surface area contributed by atoms with E-state index in [1.54, 1.807) is 6.26 Å². The summed E-state index contributed by atoms with van der Waals surface area (Å²) < 4.78 is 5.32. The predicted molar refractivity (Wildman–Crippen MR) is 55.8 cm³/mol. The molecule has 1 aromatic rings. The van der Waals surface area contributed by atoms with Gasteiger partial charge in [0, 0.05) is 12.1 Å². The molecule has 0 saturated heterocycles. The normalized spacial score (nSPS) is 27.4. The molecule has 0 aliphatic heterocycles. The number of nitrogens with two attached hydrogens (primary N) is 1. The zero-order valence-electron chi connectivity index (χ0n) is 8.65. The molecule has 0 bridgehead atoms. The monoisotopic (exact) mass is 194 g/mol. The molecule has 2 atom stereocenters. The molecule has 1 saturated carbocycles. The van der Waals surface area contributed by atoms with Crippen LogP contribution in [0.5, 0.6) is 0 Å². The van der Waals surface area contributed by atoms with Crippen molar-refractivity contribution in [2.75, 3.05) is 7.05 Å². The van der Waals surface area contributed by atoms with Gasteiger partial charge in [-0.1, -0.05) is 6.42 Å². The van der Waals surface area contributed by atoms with Gasteiger partial charge in [0.1, 0.15) is 5.76 Å². The van der Waals surface area contributed by atoms with Gasteiger partial charge in [-0.15, -0.1) is 0 Å². The summed E-state index contributed by atoms with van der Waals surface area (Å²) >= 11 is 0. The van der Waals surface area contributed by atoms with Crippen LogP contribution in [0.3, 0.4) is 0 Å². The van der Waals surface area contributed by atoms with Gasteiger partial charge in [-0.3, -0.25) is 4.90 Å². The number of hydrogen-bond acceptors (Lipinski definition) is 3. The Kier molecular flexibility index (Phi) is 2.89. The van der Waals surface area contributed by atoms with Gasteiger partial charge in [0.2, 0.25) is 0 Å². The molecule has 14 heavy (non-hydrogen) atoms. The molecule has 1 aliphatic carbocycles. The van der Waals surface area contributed by atoms with E-state index in [4.69, 9.17) is 10.2 Å². The van der Waals surface area contributed by atoms with Crippen LogP contribution >= 0.6 is 0 Å². The lowest BCUT2D eigenvalue weighted by atomic mass is 10.1. The summed E-state index contributed by atoms with van der Waals surface area (Å²) in [5.41, 5.74) is 6.04. The number of rotatable bonds is 3. The topological polar surface area (TPSA) is 42.4 Å². The lowest BCUT2D eigenvalue weighted by Crippen LogP contribution is -2.41. The molecular formula is C11H18N2O. The Morgan fingerprint density at radius 3 is 3.00 bits per heavy atom. The van der Waals surface area contributed by atoms with Crippen molar-refractivity contribution in [3.63, 3.8) is 0 Å². The molecule has 1 aromatic heterocycles. The van der Waals surface area contributed by atoms with Crippen LogP contribution in [0, 0.1) is 0 Å². The van der Waals surface area contributed by atoms with Gasteiger partial charge in [-0.25, -0.2) is 0 Å². The van der Waals surface area contributed by atoms with Crippen molar-refractivity contribution in [3.8, 4) is 0 Å². The fourth-order valence-electron chi connectivity index (χ4n) is 2.28. The van der Waals surface area contributed by atoms with Crippen molar-refractivity contribution >= 4 is 0 Å². The maximum absolute atomic E-state index is 6.04. The van der Waals surface area contributed by atoms with Gasteiger partial charge in [0.25, 0.3) is 0 Å². The van der Waals surface area contributed by atoms with Crippen molar-refractivity contribution in [1.29, 1.82) is 0 Å². The Balaban J connectivity index is 1.92. The van der Waals surface area contributed by atoms with Crippen LogP contribution in [0.4, 0.5) is 0 Å². The van der Waals surface area contributed by atoms with Crippen LogP contribution < -0.4 is 5.73 Å². The first-order valence-corrected chi connectivity index (χ1v) is 5.25. The highest BCUT2D eigenvalue weighted by Gasteiger charge is 2.27. The Bertz CT molecular complexity index is 271. The molecule has 3 heteroatoms. The smallest absolute Gasteiger partial charge is 0.117 e. The number of hydrogen-bond donors (Lipinski definition) is 1. The first-order chi connectivity index (χ1) is 6.77. The highest BCUT2D eigenvalue weighted by Crippen LogP contribution is 2.22. The van der Waals surface area contributed by atoms with Gasteiger partial charge in [-0.05, 0) is 32.0 Å². The molecule has 0 radical (unpaired) electrons. The summed E-state index contributed by atoms with van der Waals surface area (Å²) in [6.07, 6.45) is 5.36. The molecule has 2 N–H and O–H groups in total. The summed E-state index contributed by atoms with van der Waals surface area (Å²) in [5.74, 6) is 1.02. The van der Waals surface area contributed by atoms with Gasteiger partial charge >= 0.3 is 0 Å². The second-order valence-corrected chi connectivity index (χ2v) is 4.16.